The molecule has 1 atom stereocenters. The highest BCUT2D eigenvalue weighted by atomic mass is 32.2. The summed E-state index contributed by atoms with van der Waals surface area (Å²) in [4.78, 5) is 30.7. The monoisotopic (exact) mass is 517 g/mol. The van der Waals surface area contributed by atoms with Crippen LogP contribution in [-0.2, 0) is 10.0 Å². The average molecular weight is 518 g/mol. The second-order valence-electron chi connectivity index (χ2n) is 9.25. The first-order valence-corrected chi connectivity index (χ1v) is 13.3. The lowest BCUT2D eigenvalue weighted by atomic mass is 10.0. The predicted octanol–water partition coefficient (Wildman–Crippen LogP) is 2.86. The van der Waals surface area contributed by atoms with Crippen LogP contribution in [0.15, 0.2) is 72.0 Å². The molecular weight excluding hydrogens is 490 g/mol. The van der Waals surface area contributed by atoms with E-state index in [2.05, 4.69) is 20.2 Å². The van der Waals surface area contributed by atoms with Gasteiger partial charge in [-0.05, 0) is 50.8 Å². The van der Waals surface area contributed by atoms with Crippen molar-refractivity contribution in [3.8, 4) is 11.1 Å². The van der Waals surface area contributed by atoms with Crippen LogP contribution in [0.25, 0.3) is 22.0 Å². The van der Waals surface area contributed by atoms with Gasteiger partial charge in [-0.15, -0.1) is 0 Å². The molecule has 10 nitrogen and oxygen atoms in total. The molecule has 0 spiro atoms. The summed E-state index contributed by atoms with van der Waals surface area (Å²) in [6.07, 6.45) is 5.99. The van der Waals surface area contributed by atoms with Crippen molar-refractivity contribution in [2.45, 2.75) is 17.4 Å². The van der Waals surface area contributed by atoms with E-state index in [1.807, 2.05) is 43.3 Å². The molecule has 11 heteroatoms. The summed E-state index contributed by atoms with van der Waals surface area (Å²) >= 11 is 0. The molecular formula is C26H27N7O3S. The van der Waals surface area contributed by atoms with Crippen molar-refractivity contribution in [1.29, 1.82) is 0 Å². The molecule has 5 rings (SSSR count). The predicted molar refractivity (Wildman–Crippen MR) is 142 cm³/mol. The SMILES string of the molecule is CN(C)C1CCN(C(=O)c2cncc(-c3cccc4cnc(Nc5ccc(S(N)(=O)=O)cc5)nc34)c2)C1. The molecule has 3 N–H and O–H groups in total. The molecule has 1 aliphatic heterocycles. The lowest BCUT2D eigenvalue weighted by Gasteiger charge is -2.20. The Kier molecular flexibility index (Phi) is 6.59. The van der Waals surface area contributed by atoms with Crippen LogP contribution in [0.2, 0.25) is 0 Å². The van der Waals surface area contributed by atoms with Gasteiger partial charge >= 0.3 is 0 Å². The number of carbonyl (C=O) groups excluding carboxylic acids is 1. The van der Waals surface area contributed by atoms with Crippen LogP contribution < -0.4 is 10.5 Å². The molecule has 190 valence electrons. The molecule has 4 aromatic rings. The number of aromatic nitrogens is 3. The number of fused-ring (bicyclic) bond motifs is 1. The first kappa shape index (κ1) is 24.8. The second kappa shape index (κ2) is 9.85. The van der Waals surface area contributed by atoms with Gasteiger partial charge < -0.3 is 15.1 Å². The number of hydrogen-bond donors (Lipinski definition) is 2. The Morgan fingerprint density at radius 1 is 1.11 bits per heavy atom. The number of rotatable bonds is 6. The third-order valence-corrected chi connectivity index (χ3v) is 7.46. The number of amides is 1. The maximum atomic E-state index is 13.2. The minimum absolute atomic E-state index is 0.0212. The number of carbonyl (C=O) groups is 1. The smallest absolute Gasteiger partial charge is 0.255 e. The number of nitrogens with one attached hydrogen (secondary N) is 1. The molecule has 1 aliphatic rings. The van der Waals surface area contributed by atoms with E-state index in [0.717, 1.165) is 29.5 Å². The van der Waals surface area contributed by atoms with Gasteiger partial charge in [0.1, 0.15) is 0 Å². The molecule has 1 amide bonds. The zero-order chi connectivity index (χ0) is 26.2. The summed E-state index contributed by atoms with van der Waals surface area (Å²) < 4.78 is 23.0. The lowest BCUT2D eigenvalue weighted by Crippen LogP contribution is -2.34. The average Bonchev–Trinajstić information content (AvgIpc) is 3.39. The number of likely N-dealkylation sites (N-methyl/N-ethyl adjacent to an activating group) is 1. The van der Waals surface area contributed by atoms with E-state index < -0.39 is 10.0 Å². The second-order valence-corrected chi connectivity index (χ2v) is 10.8. The van der Waals surface area contributed by atoms with E-state index in [9.17, 15) is 13.2 Å². The van der Waals surface area contributed by atoms with Crippen molar-refractivity contribution >= 4 is 38.5 Å². The molecule has 1 unspecified atom stereocenters. The Labute approximate surface area is 215 Å². The van der Waals surface area contributed by atoms with Gasteiger partial charge in [-0.1, -0.05) is 18.2 Å². The van der Waals surface area contributed by atoms with Crippen molar-refractivity contribution in [3.05, 3.63) is 72.7 Å². The summed E-state index contributed by atoms with van der Waals surface area (Å²) in [5.74, 6) is 0.314. The van der Waals surface area contributed by atoms with Gasteiger partial charge in [-0.3, -0.25) is 9.78 Å². The van der Waals surface area contributed by atoms with Crippen LogP contribution in [0, 0.1) is 0 Å². The van der Waals surface area contributed by atoms with E-state index >= 15 is 0 Å². The Morgan fingerprint density at radius 3 is 2.59 bits per heavy atom. The van der Waals surface area contributed by atoms with Crippen molar-refractivity contribution in [2.75, 3.05) is 32.5 Å². The Morgan fingerprint density at radius 2 is 1.89 bits per heavy atom. The van der Waals surface area contributed by atoms with Crippen LogP contribution in [0.1, 0.15) is 16.8 Å². The normalized spacial score (nSPS) is 15.9. The molecule has 0 saturated carbocycles. The molecule has 0 bridgehead atoms. The highest BCUT2D eigenvalue weighted by Gasteiger charge is 2.28. The largest absolute Gasteiger partial charge is 0.337 e. The highest BCUT2D eigenvalue weighted by Crippen LogP contribution is 2.29. The van der Waals surface area contributed by atoms with Gasteiger partial charge in [0.2, 0.25) is 16.0 Å². The molecule has 2 aromatic heterocycles. The van der Waals surface area contributed by atoms with Crippen molar-refractivity contribution in [1.82, 2.24) is 24.8 Å². The van der Waals surface area contributed by atoms with Crippen LogP contribution in [0.5, 0.6) is 0 Å². The fraction of sp³-hybridized carbons (Fsp3) is 0.231. The molecule has 1 saturated heterocycles. The van der Waals surface area contributed by atoms with E-state index in [0.29, 0.717) is 35.3 Å². The number of benzene rings is 2. The summed E-state index contributed by atoms with van der Waals surface area (Å²) in [5, 5.41) is 9.10. The zero-order valence-corrected chi connectivity index (χ0v) is 21.3. The van der Waals surface area contributed by atoms with Gasteiger partial charge in [0.15, 0.2) is 0 Å². The van der Waals surface area contributed by atoms with Crippen molar-refractivity contribution < 1.29 is 13.2 Å². The maximum Gasteiger partial charge on any atom is 0.255 e. The standard InChI is InChI=1S/C26H27N7O3S/c1-32(2)21-10-11-33(16-21)25(34)19-12-18(13-28-14-19)23-5-3-4-17-15-29-26(31-24(17)23)30-20-6-8-22(9-7-20)37(27,35)36/h3-9,12-15,21H,10-11,16H2,1-2H3,(H2,27,35,36)(H,29,30,31). The number of nitrogens with two attached hydrogens (primary N) is 1. The Bertz CT molecular complexity index is 1570. The van der Waals surface area contributed by atoms with Crippen LogP contribution in [-0.4, -0.2) is 72.3 Å². The first-order chi connectivity index (χ1) is 17.7. The minimum Gasteiger partial charge on any atom is -0.337 e. The van der Waals surface area contributed by atoms with Gasteiger partial charge in [0.25, 0.3) is 5.91 Å². The number of pyridine rings is 1. The summed E-state index contributed by atoms with van der Waals surface area (Å²) in [5.41, 5.74) is 3.45. The molecule has 0 aliphatic carbocycles. The third kappa shape index (κ3) is 5.29. The third-order valence-electron chi connectivity index (χ3n) is 6.53. The van der Waals surface area contributed by atoms with Gasteiger partial charge in [-0.25, -0.2) is 23.5 Å². The quantitative estimate of drug-likeness (QED) is 0.399. The number of anilines is 2. The molecule has 1 fully saturated rings. The van der Waals surface area contributed by atoms with E-state index in [1.165, 1.54) is 12.1 Å². The molecule has 37 heavy (non-hydrogen) atoms. The fourth-order valence-electron chi connectivity index (χ4n) is 4.44. The van der Waals surface area contributed by atoms with E-state index in [4.69, 9.17) is 10.1 Å². The van der Waals surface area contributed by atoms with Crippen LogP contribution in [0.4, 0.5) is 11.6 Å². The van der Waals surface area contributed by atoms with Gasteiger partial charge in [-0.2, -0.15) is 0 Å². The van der Waals surface area contributed by atoms with Gasteiger partial charge in [0, 0.05) is 59.9 Å². The highest BCUT2D eigenvalue weighted by molar-refractivity contribution is 7.89. The zero-order valence-electron chi connectivity index (χ0n) is 20.5. The summed E-state index contributed by atoms with van der Waals surface area (Å²) in [6.45, 7) is 1.42. The van der Waals surface area contributed by atoms with Gasteiger partial charge in [0.05, 0.1) is 16.0 Å². The van der Waals surface area contributed by atoms with Crippen LogP contribution >= 0.6 is 0 Å². The maximum absolute atomic E-state index is 13.2. The van der Waals surface area contributed by atoms with E-state index in [-0.39, 0.29) is 10.8 Å². The Hall–Kier alpha value is -3.93. The first-order valence-electron chi connectivity index (χ1n) is 11.8. The number of primary sulfonamides is 1. The van der Waals surface area contributed by atoms with E-state index in [1.54, 1.807) is 30.7 Å². The number of nitrogens with zero attached hydrogens (tertiary/aromatic N) is 5. The molecule has 2 aromatic carbocycles. The number of sulfonamides is 1. The number of hydrogen-bond acceptors (Lipinski definition) is 8. The Balaban J connectivity index is 1.43. The number of para-hydroxylation sites is 1. The topological polar surface area (TPSA) is 134 Å². The summed E-state index contributed by atoms with van der Waals surface area (Å²) in [7, 11) is 0.294. The minimum atomic E-state index is -3.77. The fourth-order valence-corrected chi connectivity index (χ4v) is 4.96. The molecule has 3 heterocycles. The van der Waals surface area contributed by atoms with Crippen LogP contribution in [0.3, 0.4) is 0 Å². The summed E-state index contributed by atoms with van der Waals surface area (Å²) in [6, 6.07) is 14.0. The van der Waals surface area contributed by atoms with Crippen molar-refractivity contribution in [3.63, 3.8) is 0 Å². The lowest BCUT2D eigenvalue weighted by molar-refractivity contribution is 0.0782. The number of likely N-dealkylation sites (tertiary alicyclic amines) is 1. The van der Waals surface area contributed by atoms with Crippen molar-refractivity contribution in [2.24, 2.45) is 5.14 Å². The molecule has 0 radical (unpaired) electrons.